The summed E-state index contributed by atoms with van der Waals surface area (Å²) in [7, 11) is 1.57. The molecule has 6 heteroatoms. The fraction of sp³-hybridized carbons (Fsp3) is 0.176. The van der Waals surface area contributed by atoms with Gasteiger partial charge in [0.05, 0.1) is 13.3 Å². The summed E-state index contributed by atoms with van der Waals surface area (Å²) in [6.07, 6.45) is 1.46. The number of carbonyl (C=O) groups excluding carboxylic acids is 1. The van der Waals surface area contributed by atoms with E-state index in [0.717, 1.165) is 5.56 Å². The summed E-state index contributed by atoms with van der Waals surface area (Å²) in [5.41, 5.74) is 10.0. The molecule has 2 aromatic rings. The van der Waals surface area contributed by atoms with Crippen LogP contribution in [0.3, 0.4) is 0 Å². The average molecular weight is 313 g/mol. The van der Waals surface area contributed by atoms with Gasteiger partial charge < -0.3 is 15.2 Å². The van der Waals surface area contributed by atoms with Crippen molar-refractivity contribution in [1.29, 1.82) is 0 Å². The Labute approximate surface area is 134 Å². The van der Waals surface area contributed by atoms with Crippen LogP contribution >= 0.6 is 0 Å². The Hall–Kier alpha value is -3.02. The molecule has 6 nitrogen and oxygen atoms in total. The van der Waals surface area contributed by atoms with Crippen molar-refractivity contribution in [3.8, 4) is 11.5 Å². The first-order valence-electron chi connectivity index (χ1n) is 7.04. The lowest BCUT2D eigenvalue weighted by Crippen LogP contribution is -2.24. The maximum Gasteiger partial charge on any atom is 0.332 e. The number of aryl methyl sites for hydroxylation is 1. The number of rotatable bonds is 6. The molecule has 23 heavy (non-hydrogen) atoms. The van der Waals surface area contributed by atoms with Crippen molar-refractivity contribution in [2.75, 3.05) is 7.11 Å². The largest absolute Gasteiger partial charge is 0.493 e. The highest BCUT2D eigenvalue weighted by atomic mass is 16.5. The molecule has 0 aliphatic rings. The van der Waals surface area contributed by atoms with Gasteiger partial charge in [-0.1, -0.05) is 35.9 Å². The van der Waals surface area contributed by atoms with Crippen LogP contribution in [0, 0.1) is 6.92 Å². The molecular weight excluding hydrogens is 294 g/mol. The van der Waals surface area contributed by atoms with Gasteiger partial charge in [0, 0.05) is 5.56 Å². The van der Waals surface area contributed by atoms with E-state index in [1.54, 1.807) is 19.2 Å². The Morgan fingerprint density at radius 1 is 1.30 bits per heavy atom. The van der Waals surface area contributed by atoms with E-state index in [1.807, 2.05) is 31.2 Å². The number of urea groups is 1. The number of nitrogens with zero attached hydrogens (tertiary/aromatic N) is 1. The third kappa shape index (κ3) is 4.74. The molecule has 0 aromatic heterocycles. The summed E-state index contributed by atoms with van der Waals surface area (Å²) in [5.74, 6) is 1.13. The van der Waals surface area contributed by atoms with Crippen molar-refractivity contribution >= 4 is 12.2 Å². The molecule has 0 aliphatic carbocycles. The van der Waals surface area contributed by atoms with Crippen molar-refractivity contribution in [1.82, 2.24) is 5.43 Å². The average Bonchev–Trinajstić information content (AvgIpc) is 2.53. The van der Waals surface area contributed by atoms with Gasteiger partial charge in [-0.25, -0.2) is 10.2 Å². The smallest absolute Gasteiger partial charge is 0.332 e. The normalized spacial score (nSPS) is 10.5. The highest BCUT2D eigenvalue weighted by Gasteiger charge is 2.09. The standard InChI is InChI=1S/C17H19N3O3/c1-12-5-3-6-13(9-12)11-23-16-14(10-19-20-17(18)21)7-4-8-15(16)22-2/h3-10H,11H2,1-2H3,(H3,18,20,21)/b19-10-. The first-order chi connectivity index (χ1) is 11.1. The maximum absolute atomic E-state index is 10.7. The van der Waals surface area contributed by atoms with E-state index < -0.39 is 6.03 Å². The van der Waals surface area contributed by atoms with Crippen LogP contribution in [0.4, 0.5) is 4.79 Å². The van der Waals surface area contributed by atoms with E-state index in [9.17, 15) is 4.79 Å². The van der Waals surface area contributed by atoms with Gasteiger partial charge in [-0.2, -0.15) is 5.10 Å². The summed E-state index contributed by atoms with van der Waals surface area (Å²) in [4.78, 5) is 10.7. The van der Waals surface area contributed by atoms with Crippen LogP contribution in [0.2, 0.25) is 0 Å². The lowest BCUT2D eigenvalue weighted by atomic mass is 10.1. The molecular formula is C17H19N3O3. The Kier molecular flexibility index (Phi) is 5.57. The first-order valence-corrected chi connectivity index (χ1v) is 7.04. The fourth-order valence-corrected chi connectivity index (χ4v) is 2.07. The van der Waals surface area contributed by atoms with E-state index in [-0.39, 0.29) is 0 Å². The predicted molar refractivity (Wildman–Crippen MR) is 88.8 cm³/mol. The fourth-order valence-electron chi connectivity index (χ4n) is 2.07. The van der Waals surface area contributed by atoms with E-state index in [0.29, 0.717) is 23.7 Å². The Bertz CT molecular complexity index is 714. The third-order valence-electron chi connectivity index (χ3n) is 3.07. The lowest BCUT2D eigenvalue weighted by molar-refractivity contribution is 0.249. The van der Waals surface area contributed by atoms with Gasteiger partial charge in [-0.05, 0) is 24.6 Å². The van der Waals surface area contributed by atoms with Crippen molar-refractivity contribution < 1.29 is 14.3 Å². The van der Waals surface area contributed by atoms with E-state index in [2.05, 4.69) is 16.6 Å². The minimum atomic E-state index is -0.730. The van der Waals surface area contributed by atoms with Gasteiger partial charge in [0.15, 0.2) is 11.5 Å². The van der Waals surface area contributed by atoms with Gasteiger partial charge in [-0.15, -0.1) is 0 Å². The highest BCUT2D eigenvalue weighted by molar-refractivity contribution is 5.86. The lowest BCUT2D eigenvalue weighted by Gasteiger charge is -2.13. The first kappa shape index (κ1) is 16.4. The Morgan fingerprint density at radius 3 is 2.78 bits per heavy atom. The number of methoxy groups -OCH3 is 1. The number of para-hydroxylation sites is 1. The van der Waals surface area contributed by atoms with Crippen LogP contribution in [0.25, 0.3) is 0 Å². The summed E-state index contributed by atoms with van der Waals surface area (Å²) < 4.78 is 11.2. The predicted octanol–water partition coefficient (Wildman–Crippen LogP) is 2.58. The minimum Gasteiger partial charge on any atom is -0.493 e. The Morgan fingerprint density at radius 2 is 2.09 bits per heavy atom. The number of ether oxygens (including phenoxy) is 2. The quantitative estimate of drug-likeness (QED) is 0.635. The van der Waals surface area contributed by atoms with Gasteiger partial charge in [0.25, 0.3) is 0 Å². The second kappa shape index (κ2) is 7.84. The molecule has 0 heterocycles. The zero-order chi connectivity index (χ0) is 16.7. The van der Waals surface area contributed by atoms with Gasteiger partial charge in [0.1, 0.15) is 6.61 Å². The molecule has 2 rings (SSSR count). The topological polar surface area (TPSA) is 85.9 Å². The van der Waals surface area contributed by atoms with E-state index in [1.165, 1.54) is 11.8 Å². The SMILES string of the molecule is COc1cccc(/C=N\NC(N)=O)c1OCc1cccc(C)c1. The molecule has 0 atom stereocenters. The van der Waals surface area contributed by atoms with Crippen molar-refractivity contribution in [2.24, 2.45) is 10.8 Å². The van der Waals surface area contributed by atoms with Crippen molar-refractivity contribution in [3.63, 3.8) is 0 Å². The molecule has 0 saturated heterocycles. The molecule has 2 aromatic carbocycles. The second-order valence-electron chi connectivity index (χ2n) is 4.89. The monoisotopic (exact) mass is 313 g/mol. The van der Waals surface area contributed by atoms with Crippen molar-refractivity contribution in [2.45, 2.75) is 13.5 Å². The number of nitrogens with two attached hydrogens (primary N) is 1. The Balaban J connectivity index is 2.21. The van der Waals surface area contributed by atoms with Crippen LogP contribution in [-0.4, -0.2) is 19.4 Å². The number of hydrogen-bond acceptors (Lipinski definition) is 4. The van der Waals surface area contributed by atoms with Crippen LogP contribution in [0.5, 0.6) is 11.5 Å². The van der Waals surface area contributed by atoms with Gasteiger partial charge in [0.2, 0.25) is 0 Å². The molecule has 2 amide bonds. The second-order valence-corrected chi connectivity index (χ2v) is 4.89. The number of benzene rings is 2. The molecule has 0 aliphatic heterocycles. The maximum atomic E-state index is 10.7. The van der Waals surface area contributed by atoms with Gasteiger partial charge in [-0.3, -0.25) is 0 Å². The number of hydrazone groups is 1. The summed E-state index contributed by atoms with van der Waals surface area (Å²) in [5, 5.41) is 3.76. The van der Waals surface area contributed by atoms with Crippen LogP contribution in [-0.2, 0) is 6.61 Å². The van der Waals surface area contributed by atoms with Gasteiger partial charge >= 0.3 is 6.03 Å². The van der Waals surface area contributed by atoms with Crippen LogP contribution in [0.1, 0.15) is 16.7 Å². The van der Waals surface area contributed by atoms with E-state index in [4.69, 9.17) is 15.2 Å². The molecule has 0 bridgehead atoms. The van der Waals surface area contributed by atoms with E-state index >= 15 is 0 Å². The molecule has 0 fully saturated rings. The zero-order valence-corrected chi connectivity index (χ0v) is 13.1. The summed E-state index contributed by atoms with van der Waals surface area (Å²) in [6.45, 7) is 2.42. The summed E-state index contributed by atoms with van der Waals surface area (Å²) in [6, 6.07) is 12.7. The molecule has 120 valence electrons. The molecule has 3 N–H and O–H groups in total. The number of carbonyl (C=O) groups is 1. The number of nitrogens with one attached hydrogen (secondary N) is 1. The molecule has 0 unspecified atom stereocenters. The number of hydrogen-bond donors (Lipinski definition) is 2. The summed E-state index contributed by atoms with van der Waals surface area (Å²) >= 11 is 0. The van der Waals surface area contributed by atoms with Crippen LogP contribution < -0.4 is 20.6 Å². The third-order valence-corrected chi connectivity index (χ3v) is 3.07. The van der Waals surface area contributed by atoms with Crippen molar-refractivity contribution in [3.05, 3.63) is 59.2 Å². The minimum absolute atomic E-state index is 0.395. The zero-order valence-electron chi connectivity index (χ0n) is 13.1. The number of primary amides is 1. The van der Waals surface area contributed by atoms with Crippen LogP contribution in [0.15, 0.2) is 47.6 Å². The molecule has 0 saturated carbocycles. The number of amides is 2. The molecule has 0 radical (unpaired) electrons. The molecule has 0 spiro atoms. The highest BCUT2D eigenvalue weighted by Crippen LogP contribution is 2.30.